The number of aliphatic imine (C=N–C) groups is 1. The number of allylic oxidation sites excluding steroid dienone is 2. The lowest BCUT2D eigenvalue weighted by atomic mass is 9.83. The van der Waals surface area contributed by atoms with Gasteiger partial charge in [0, 0.05) is 99.5 Å². The van der Waals surface area contributed by atoms with E-state index in [4.69, 9.17) is 9.97 Å². The van der Waals surface area contributed by atoms with Gasteiger partial charge in [0.05, 0.1) is 27.9 Å². The summed E-state index contributed by atoms with van der Waals surface area (Å²) < 4.78 is 4.98. The van der Waals surface area contributed by atoms with Crippen molar-refractivity contribution in [3.8, 4) is 50.3 Å². The summed E-state index contributed by atoms with van der Waals surface area (Å²) in [6.45, 7) is 0.807. The molecule has 0 radical (unpaired) electrons. The third-order valence-corrected chi connectivity index (χ3v) is 13.7. The van der Waals surface area contributed by atoms with Crippen molar-refractivity contribution < 1.29 is 0 Å². The average molecular weight is 823 g/mol. The minimum Gasteiger partial charge on any atom is -0.317 e. The van der Waals surface area contributed by atoms with Crippen LogP contribution in [0.25, 0.3) is 100 Å². The molecule has 0 saturated carbocycles. The van der Waals surface area contributed by atoms with E-state index in [1.54, 1.807) is 0 Å². The molecule has 6 heterocycles. The number of benzene rings is 5. The van der Waals surface area contributed by atoms with Gasteiger partial charge in [0.25, 0.3) is 0 Å². The maximum atomic E-state index is 5.01. The molecule has 0 amide bonds. The van der Waals surface area contributed by atoms with E-state index < -0.39 is 0 Å². The highest BCUT2D eigenvalue weighted by atomic mass is 15.0. The molecule has 1 aliphatic heterocycles. The number of hydrogen-bond acceptors (Lipinski definition) is 4. The second-order valence-corrected chi connectivity index (χ2v) is 17.3. The first-order valence-corrected chi connectivity index (χ1v) is 22.4. The van der Waals surface area contributed by atoms with E-state index in [-0.39, 0.29) is 0 Å². The van der Waals surface area contributed by atoms with Crippen LogP contribution < -0.4 is 0 Å². The van der Waals surface area contributed by atoms with Crippen LogP contribution >= 0.6 is 0 Å². The Balaban J connectivity index is 0.958. The highest BCUT2D eigenvalue weighted by Gasteiger charge is 2.27. The van der Waals surface area contributed by atoms with Gasteiger partial charge in [-0.2, -0.15) is 0 Å². The summed E-state index contributed by atoms with van der Waals surface area (Å²) in [6, 6.07) is 50.7. The van der Waals surface area contributed by atoms with Crippen LogP contribution in [0.15, 0.2) is 175 Å². The zero-order valence-corrected chi connectivity index (χ0v) is 35.2. The first-order valence-electron chi connectivity index (χ1n) is 22.4. The summed E-state index contributed by atoms with van der Waals surface area (Å²) in [5.41, 5.74) is 23.2. The number of hydrogen-bond donors (Lipinski definition) is 0. The maximum absolute atomic E-state index is 5.01. The number of rotatable bonds is 6. The highest BCUT2D eigenvalue weighted by Crippen LogP contribution is 2.46. The van der Waals surface area contributed by atoms with Crippen LogP contribution in [-0.2, 0) is 19.3 Å². The molecule has 5 aromatic heterocycles. The van der Waals surface area contributed by atoms with Gasteiger partial charge >= 0.3 is 0 Å². The van der Waals surface area contributed by atoms with Crippen LogP contribution in [0.3, 0.4) is 0 Å². The van der Waals surface area contributed by atoms with Crippen molar-refractivity contribution in [2.24, 2.45) is 4.99 Å². The normalized spacial score (nSPS) is 14.3. The molecule has 6 heteroatoms. The number of aryl methyl sites for hydroxylation is 2. The van der Waals surface area contributed by atoms with E-state index in [1.807, 2.05) is 37.1 Å². The molecule has 0 spiro atoms. The summed E-state index contributed by atoms with van der Waals surface area (Å²) >= 11 is 0. The lowest BCUT2D eigenvalue weighted by molar-refractivity contribution is 0.865. The van der Waals surface area contributed by atoms with Gasteiger partial charge in [-0.05, 0) is 137 Å². The van der Waals surface area contributed by atoms with E-state index in [1.165, 1.54) is 88.6 Å². The second kappa shape index (κ2) is 14.8. The maximum Gasteiger partial charge on any atom is 0.0702 e. The zero-order valence-electron chi connectivity index (χ0n) is 35.2. The lowest BCUT2D eigenvalue weighted by Crippen LogP contribution is -2.09. The van der Waals surface area contributed by atoms with E-state index >= 15 is 0 Å². The Morgan fingerprint density at radius 2 is 1.11 bits per heavy atom. The molecule has 3 aliphatic rings. The molecule has 13 rings (SSSR count). The number of fused-ring (bicyclic) bond motifs is 9. The molecule has 304 valence electrons. The molecule has 0 atom stereocenters. The Morgan fingerprint density at radius 1 is 0.469 bits per heavy atom. The fourth-order valence-corrected chi connectivity index (χ4v) is 10.5. The minimum absolute atomic E-state index is 0.807. The predicted octanol–water partition coefficient (Wildman–Crippen LogP) is 13.5. The molecule has 0 bridgehead atoms. The standard InChI is InChI=1S/C58H42N6/c1-3-7-37(8-4-1)43-13-17-53(61-35-43)41-15-19-55-49(31-41)51-29-39-11-12-40-30-52-50-32-42(54-18-14-44(36-62-54)38-9-5-2-6-10-38)16-20-56(50)64(46-23-27-60-28-24-46)58(52)34-48(40)47(39)33-57(51)63(55)45-21-25-59-26-22-45/h1-10,13-15,17-19,21-23,25-27,29-36H,11-12,16,20,24,28H2. The molecule has 10 aromatic rings. The van der Waals surface area contributed by atoms with Crippen LogP contribution in [0.1, 0.15) is 40.9 Å². The van der Waals surface area contributed by atoms with Gasteiger partial charge < -0.3 is 9.13 Å². The first-order chi connectivity index (χ1) is 31.7. The summed E-state index contributed by atoms with van der Waals surface area (Å²) in [6.07, 6.45) is 19.2. The predicted molar refractivity (Wildman–Crippen MR) is 264 cm³/mol. The fourth-order valence-electron chi connectivity index (χ4n) is 10.5. The minimum atomic E-state index is 0.807. The zero-order chi connectivity index (χ0) is 42.1. The second-order valence-electron chi connectivity index (χ2n) is 17.3. The largest absolute Gasteiger partial charge is 0.317 e. The molecule has 0 unspecified atom stereocenters. The fraction of sp³-hybridized carbons (Fsp3) is 0.103. The van der Waals surface area contributed by atoms with Crippen LogP contribution in [0, 0.1) is 0 Å². The quantitative estimate of drug-likeness (QED) is 0.168. The molecule has 2 aliphatic carbocycles. The van der Waals surface area contributed by atoms with Crippen molar-refractivity contribution in [2.45, 2.75) is 32.1 Å². The first kappa shape index (κ1) is 36.7. The SMILES string of the molecule is C1=NCCC(n2c3c(c4cc5c(cc42)-c2cc4c(cc2CC5)c2cc(-c5ccc(-c6ccccc6)cn5)ccc2n4-c2ccncc2)C=C(c2ccc(-c4ccccc4)cn2)CC3)=C1. The lowest BCUT2D eigenvalue weighted by Gasteiger charge is -2.22. The van der Waals surface area contributed by atoms with E-state index in [9.17, 15) is 0 Å². The Hall–Kier alpha value is -7.96. The average Bonchev–Trinajstić information content (AvgIpc) is 3.87. The van der Waals surface area contributed by atoms with Crippen molar-refractivity contribution in [1.29, 1.82) is 0 Å². The Bertz CT molecular complexity index is 3560. The Labute approximate surface area is 371 Å². The molecule has 5 aromatic carbocycles. The molecule has 0 N–H and O–H groups in total. The molecule has 6 nitrogen and oxygen atoms in total. The van der Waals surface area contributed by atoms with Crippen molar-refractivity contribution in [3.05, 3.63) is 198 Å². The van der Waals surface area contributed by atoms with Crippen molar-refractivity contribution >= 4 is 56.3 Å². The summed E-state index contributed by atoms with van der Waals surface area (Å²) in [5, 5.41) is 3.80. The number of dihydropyridines is 1. The van der Waals surface area contributed by atoms with Gasteiger partial charge in [0.15, 0.2) is 0 Å². The Morgan fingerprint density at radius 3 is 1.77 bits per heavy atom. The number of nitrogens with zero attached hydrogens (tertiary/aromatic N) is 6. The number of pyridine rings is 3. The smallest absolute Gasteiger partial charge is 0.0702 e. The van der Waals surface area contributed by atoms with Crippen LogP contribution in [-0.4, -0.2) is 36.8 Å². The van der Waals surface area contributed by atoms with Crippen LogP contribution in [0.2, 0.25) is 0 Å². The number of aromatic nitrogens is 5. The third kappa shape index (κ3) is 6.01. The molecule has 0 fully saturated rings. The molecule has 64 heavy (non-hydrogen) atoms. The summed E-state index contributed by atoms with van der Waals surface area (Å²) in [4.78, 5) is 19.0. The topological polar surface area (TPSA) is 60.9 Å². The van der Waals surface area contributed by atoms with Gasteiger partial charge in [0.2, 0.25) is 0 Å². The van der Waals surface area contributed by atoms with Gasteiger partial charge in [-0.15, -0.1) is 0 Å². The van der Waals surface area contributed by atoms with Gasteiger partial charge in [-0.25, -0.2) is 0 Å². The third-order valence-electron chi connectivity index (χ3n) is 13.7. The molecular weight excluding hydrogens is 781 g/mol. The van der Waals surface area contributed by atoms with Crippen LogP contribution in [0.5, 0.6) is 0 Å². The van der Waals surface area contributed by atoms with Crippen molar-refractivity contribution in [1.82, 2.24) is 24.1 Å². The Kier molecular flexibility index (Phi) is 8.51. The highest BCUT2D eigenvalue weighted by molar-refractivity contribution is 6.12. The summed E-state index contributed by atoms with van der Waals surface area (Å²) in [7, 11) is 0. The van der Waals surface area contributed by atoms with Crippen molar-refractivity contribution in [3.63, 3.8) is 0 Å². The van der Waals surface area contributed by atoms with Gasteiger partial charge in [0.1, 0.15) is 0 Å². The molecular formula is C58H42N6. The van der Waals surface area contributed by atoms with E-state index in [0.717, 1.165) is 72.4 Å². The van der Waals surface area contributed by atoms with Gasteiger partial charge in [-0.3, -0.25) is 19.9 Å². The van der Waals surface area contributed by atoms with Crippen LogP contribution in [0.4, 0.5) is 0 Å². The van der Waals surface area contributed by atoms with E-state index in [2.05, 4.69) is 165 Å². The van der Waals surface area contributed by atoms with Gasteiger partial charge in [-0.1, -0.05) is 78.9 Å². The monoisotopic (exact) mass is 822 g/mol. The molecule has 0 saturated heterocycles. The summed E-state index contributed by atoms with van der Waals surface area (Å²) in [5.74, 6) is 0. The van der Waals surface area contributed by atoms with Crippen molar-refractivity contribution in [2.75, 3.05) is 6.54 Å². The van der Waals surface area contributed by atoms with E-state index in [0.29, 0.717) is 0 Å².